The lowest BCUT2D eigenvalue weighted by Gasteiger charge is -2.48. The van der Waals surface area contributed by atoms with Crippen LogP contribution in [0.5, 0.6) is 0 Å². The molecule has 0 amide bonds. The summed E-state index contributed by atoms with van der Waals surface area (Å²) in [6.45, 7) is 6.93. The van der Waals surface area contributed by atoms with Gasteiger partial charge in [0.1, 0.15) is 5.54 Å². The monoisotopic (exact) mass is 354 g/mol. The summed E-state index contributed by atoms with van der Waals surface area (Å²) < 4.78 is 0. The van der Waals surface area contributed by atoms with Gasteiger partial charge < -0.3 is 4.90 Å². The van der Waals surface area contributed by atoms with Crippen LogP contribution in [0.4, 0.5) is 11.4 Å². The van der Waals surface area contributed by atoms with E-state index in [0.29, 0.717) is 0 Å². The van der Waals surface area contributed by atoms with Crippen molar-refractivity contribution in [2.24, 2.45) is 10.4 Å². The van der Waals surface area contributed by atoms with Crippen molar-refractivity contribution >= 4 is 17.1 Å². The molecule has 1 atom stereocenters. The van der Waals surface area contributed by atoms with Gasteiger partial charge in [-0.2, -0.15) is 0 Å². The van der Waals surface area contributed by atoms with Crippen LogP contribution in [-0.2, 0) is 5.54 Å². The number of hydrogen-bond donors (Lipinski definition) is 0. The Hall–Kier alpha value is -2.87. The van der Waals surface area contributed by atoms with Gasteiger partial charge in [-0.25, -0.2) is 4.99 Å². The molecule has 4 rings (SSSR count). The lowest BCUT2D eigenvalue weighted by Crippen LogP contribution is -2.55. The Kier molecular flexibility index (Phi) is 4.15. The van der Waals surface area contributed by atoms with E-state index in [-0.39, 0.29) is 11.0 Å². The van der Waals surface area contributed by atoms with Crippen LogP contribution in [0, 0.1) is 5.41 Å². The summed E-state index contributed by atoms with van der Waals surface area (Å²) in [4.78, 5) is 7.64. The lowest BCUT2D eigenvalue weighted by molar-refractivity contribution is 0.261. The van der Waals surface area contributed by atoms with Crippen LogP contribution < -0.4 is 4.90 Å². The molecule has 1 heterocycles. The maximum absolute atomic E-state index is 5.22. The first-order valence-corrected chi connectivity index (χ1v) is 9.49. The van der Waals surface area contributed by atoms with Gasteiger partial charge in [-0.15, -0.1) is 0 Å². The highest BCUT2D eigenvalue weighted by Crippen LogP contribution is 2.54. The molecule has 0 saturated heterocycles. The van der Waals surface area contributed by atoms with E-state index < -0.39 is 0 Å². The average Bonchev–Trinajstić information content (AvgIpc) is 2.93. The first-order chi connectivity index (χ1) is 13.0. The second-order valence-electron chi connectivity index (χ2n) is 8.20. The fourth-order valence-electron chi connectivity index (χ4n) is 4.57. The Labute approximate surface area is 162 Å². The van der Waals surface area contributed by atoms with Gasteiger partial charge in [-0.3, -0.25) is 0 Å². The van der Waals surface area contributed by atoms with E-state index in [0.717, 1.165) is 11.4 Å². The maximum atomic E-state index is 5.22. The van der Waals surface area contributed by atoms with E-state index in [1.54, 1.807) is 0 Å². The van der Waals surface area contributed by atoms with Crippen molar-refractivity contribution in [1.29, 1.82) is 0 Å². The summed E-state index contributed by atoms with van der Waals surface area (Å²) in [6.07, 6.45) is 0. The number of benzene rings is 3. The molecule has 0 aliphatic carbocycles. The normalized spacial score (nSPS) is 20.7. The largest absolute Gasteiger partial charge is 0.358 e. The number of likely N-dealkylation sites (N-methyl/N-ethyl adjacent to an activating group) is 1. The number of nitrogens with zero attached hydrogens (tertiary/aromatic N) is 2. The van der Waals surface area contributed by atoms with Crippen LogP contribution in [0.25, 0.3) is 0 Å². The quantitative estimate of drug-likeness (QED) is 0.535. The average molecular weight is 354 g/mol. The van der Waals surface area contributed by atoms with Crippen molar-refractivity contribution in [1.82, 2.24) is 0 Å². The molecule has 0 radical (unpaired) electrons. The molecule has 1 aliphatic rings. The van der Waals surface area contributed by atoms with Gasteiger partial charge in [0.2, 0.25) is 0 Å². The highest BCUT2D eigenvalue weighted by molar-refractivity contribution is 6.18. The van der Waals surface area contributed by atoms with Gasteiger partial charge >= 0.3 is 0 Å². The molecule has 0 N–H and O–H groups in total. The van der Waals surface area contributed by atoms with Gasteiger partial charge in [0.05, 0.1) is 11.4 Å². The minimum absolute atomic E-state index is 0.0737. The zero-order valence-corrected chi connectivity index (χ0v) is 16.5. The maximum Gasteiger partial charge on any atom is 0.113 e. The Balaban J connectivity index is 2.08. The van der Waals surface area contributed by atoms with Crippen molar-refractivity contribution in [3.05, 3.63) is 96.1 Å². The third-order valence-electron chi connectivity index (χ3n) is 5.64. The number of anilines is 1. The van der Waals surface area contributed by atoms with Crippen LogP contribution in [0.15, 0.2) is 89.9 Å². The second kappa shape index (κ2) is 6.38. The van der Waals surface area contributed by atoms with E-state index in [9.17, 15) is 0 Å². The topological polar surface area (TPSA) is 15.6 Å². The Bertz CT molecular complexity index is 968. The van der Waals surface area contributed by atoms with E-state index in [1.807, 2.05) is 18.2 Å². The van der Waals surface area contributed by atoms with Gasteiger partial charge in [-0.1, -0.05) is 87.5 Å². The molecular formula is C25H26N2. The zero-order chi connectivity index (χ0) is 19.1. The number of fused-ring (bicyclic) bond motifs is 1. The molecule has 0 fully saturated rings. The fourth-order valence-corrected chi connectivity index (χ4v) is 4.57. The predicted octanol–water partition coefficient (Wildman–Crippen LogP) is 6.20. The van der Waals surface area contributed by atoms with Gasteiger partial charge in [0, 0.05) is 18.3 Å². The third-order valence-corrected chi connectivity index (χ3v) is 5.64. The first kappa shape index (κ1) is 17.5. The summed E-state index contributed by atoms with van der Waals surface area (Å²) in [6, 6.07) is 29.7. The van der Waals surface area contributed by atoms with Gasteiger partial charge in [0.25, 0.3) is 0 Å². The molecule has 1 unspecified atom stereocenters. The number of rotatable bonds is 2. The van der Waals surface area contributed by atoms with Crippen LogP contribution >= 0.6 is 0 Å². The van der Waals surface area contributed by atoms with Crippen molar-refractivity contribution in [2.45, 2.75) is 26.3 Å². The highest BCUT2D eigenvalue weighted by Gasteiger charge is 2.56. The van der Waals surface area contributed by atoms with Crippen molar-refractivity contribution < 1.29 is 0 Å². The minimum Gasteiger partial charge on any atom is -0.358 e. The molecule has 2 nitrogen and oxygen atoms in total. The molecule has 0 spiro atoms. The van der Waals surface area contributed by atoms with Crippen molar-refractivity contribution in [3.8, 4) is 0 Å². The third kappa shape index (κ3) is 2.59. The van der Waals surface area contributed by atoms with Gasteiger partial charge in [-0.05, 0) is 29.2 Å². The molecule has 0 bridgehead atoms. The first-order valence-electron chi connectivity index (χ1n) is 9.49. The standard InChI is InChI=1S/C25H26N2/c1-24(2,3)25(19-13-7-5-8-14-19)23(26-20-15-9-6-10-16-20)21-17-11-12-18-22(21)27(25)4/h5-18H,1-4H3/b26-23-. The molecule has 0 aromatic heterocycles. The molecule has 3 aromatic carbocycles. The second-order valence-corrected chi connectivity index (χ2v) is 8.20. The number of hydrogen-bond acceptors (Lipinski definition) is 2. The SMILES string of the molecule is CN1c2ccccc2/C(=N/c2ccccc2)C1(c1ccccc1)C(C)(C)C. The summed E-state index contributed by atoms with van der Waals surface area (Å²) in [7, 11) is 2.20. The smallest absolute Gasteiger partial charge is 0.113 e. The van der Waals surface area contributed by atoms with E-state index in [2.05, 4.69) is 99.4 Å². The van der Waals surface area contributed by atoms with Crippen LogP contribution in [0.2, 0.25) is 0 Å². The molecule has 3 aromatic rings. The summed E-state index contributed by atoms with van der Waals surface area (Å²) in [5, 5.41) is 0. The lowest BCUT2D eigenvalue weighted by atomic mass is 9.66. The van der Waals surface area contributed by atoms with E-state index >= 15 is 0 Å². The molecule has 0 saturated carbocycles. The van der Waals surface area contributed by atoms with Crippen LogP contribution in [-0.4, -0.2) is 12.8 Å². The van der Waals surface area contributed by atoms with Gasteiger partial charge in [0.15, 0.2) is 0 Å². The Morgan fingerprint density at radius 3 is 1.93 bits per heavy atom. The predicted molar refractivity (Wildman–Crippen MR) is 115 cm³/mol. The van der Waals surface area contributed by atoms with E-state index in [4.69, 9.17) is 4.99 Å². The Morgan fingerprint density at radius 1 is 0.741 bits per heavy atom. The van der Waals surface area contributed by atoms with Crippen LogP contribution in [0.1, 0.15) is 31.9 Å². The van der Waals surface area contributed by atoms with Crippen LogP contribution in [0.3, 0.4) is 0 Å². The molecule has 27 heavy (non-hydrogen) atoms. The Morgan fingerprint density at radius 2 is 1.30 bits per heavy atom. The van der Waals surface area contributed by atoms with Crippen molar-refractivity contribution in [3.63, 3.8) is 0 Å². The zero-order valence-electron chi connectivity index (χ0n) is 16.5. The molecular weight excluding hydrogens is 328 g/mol. The fraction of sp³-hybridized carbons (Fsp3) is 0.240. The summed E-state index contributed by atoms with van der Waals surface area (Å²) in [5.41, 5.74) is 5.39. The summed E-state index contributed by atoms with van der Waals surface area (Å²) >= 11 is 0. The molecule has 1 aliphatic heterocycles. The minimum atomic E-state index is -0.353. The van der Waals surface area contributed by atoms with Crippen molar-refractivity contribution in [2.75, 3.05) is 11.9 Å². The van der Waals surface area contributed by atoms with E-state index in [1.165, 1.54) is 16.8 Å². The summed E-state index contributed by atoms with van der Waals surface area (Å²) in [5.74, 6) is 0. The number of aliphatic imine (C=N–C) groups is 1. The molecule has 2 heteroatoms. The number of para-hydroxylation sites is 2. The highest BCUT2D eigenvalue weighted by atomic mass is 15.2. The molecule has 136 valence electrons.